The Morgan fingerprint density at radius 3 is 2.54 bits per heavy atom. The molecule has 1 heterocycles. The van der Waals surface area contributed by atoms with Crippen LogP contribution in [0.15, 0.2) is 48.5 Å². The Morgan fingerprint density at radius 2 is 1.81 bits per heavy atom. The Kier molecular flexibility index (Phi) is 5.21. The Bertz CT molecular complexity index is 787. The van der Waals surface area contributed by atoms with Crippen molar-refractivity contribution in [1.29, 1.82) is 0 Å². The molecule has 3 rings (SSSR count). The molecule has 2 aromatic carbocycles. The number of ether oxygens (including phenoxy) is 1. The fourth-order valence-electron chi connectivity index (χ4n) is 3.54. The molecule has 4 nitrogen and oxygen atoms in total. The fourth-order valence-corrected chi connectivity index (χ4v) is 3.54. The van der Waals surface area contributed by atoms with Crippen molar-refractivity contribution in [3.05, 3.63) is 59.7 Å². The number of fused-ring (bicyclic) bond motifs is 1. The van der Waals surface area contributed by atoms with Gasteiger partial charge in [-0.25, -0.2) is 0 Å². The molecule has 0 bridgehead atoms. The van der Waals surface area contributed by atoms with Crippen molar-refractivity contribution < 1.29 is 9.53 Å². The van der Waals surface area contributed by atoms with Crippen LogP contribution in [-0.4, -0.2) is 23.5 Å². The summed E-state index contributed by atoms with van der Waals surface area (Å²) in [5.74, 6) is 0.876. The number of amides is 1. The van der Waals surface area contributed by atoms with Gasteiger partial charge in [-0.3, -0.25) is 4.79 Å². The number of hydrogen-bond donors (Lipinski definition) is 1. The Labute approximate surface area is 156 Å². The van der Waals surface area contributed by atoms with Gasteiger partial charge < -0.3 is 15.0 Å². The summed E-state index contributed by atoms with van der Waals surface area (Å²) in [6.45, 7) is 8.94. The molecular weight excluding hydrogens is 324 g/mol. The summed E-state index contributed by atoms with van der Waals surface area (Å²) in [5.41, 5.74) is 1.91. The van der Waals surface area contributed by atoms with Crippen molar-refractivity contribution >= 4 is 11.6 Å². The summed E-state index contributed by atoms with van der Waals surface area (Å²) >= 11 is 0. The van der Waals surface area contributed by atoms with Gasteiger partial charge in [0.15, 0.2) is 0 Å². The maximum absolute atomic E-state index is 13.3. The molecule has 0 fully saturated rings. The molecule has 26 heavy (non-hydrogen) atoms. The lowest BCUT2D eigenvalue weighted by atomic mass is 9.92. The van der Waals surface area contributed by atoms with Crippen LogP contribution in [0.25, 0.3) is 0 Å². The Hall–Kier alpha value is -2.49. The number of unbranched alkanes of at least 4 members (excludes halogenated alkanes) is 1. The molecule has 0 saturated heterocycles. The van der Waals surface area contributed by atoms with Crippen LogP contribution < -0.4 is 10.1 Å². The maximum Gasteiger partial charge on any atom is 0.258 e. The minimum Gasteiger partial charge on any atom is -0.491 e. The van der Waals surface area contributed by atoms with E-state index in [2.05, 4.69) is 19.2 Å². The van der Waals surface area contributed by atoms with Crippen LogP contribution in [0.3, 0.4) is 0 Å². The molecule has 0 radical (unpaired) electrons. The highest BCUT2D eigenvalue weighted by Gasteiger charge is 2.43. The van der Waals surface area contributed by atoms with E-state index >= 15 is 0 Å². The van der Waals surface area contributed by atoms with Crippen LogP contribution in [0.4, 0.5) is 5.69 Å². The monoisotopic (exact) mass is 352 g/mol. The van der Waals surface area contributed by atoms with Crippen molar-refractivity contribution in [2.75, 3.05) is 11.9 Å². The van der Waals surface area contributed by atoms with Gasteiger partial charge in [0.25, 0.3) is 5.91 Å². The average molecular weight is 352 g/mol. The molecule has 1 aliphatic rings. The first-order chi connectivity index (χ1) is 12.5. The molecule has 0 saturated carbocycles. The number of carbonyl (C=O) groups excluding carboxylic acids is 1. The van der Waals surface area contributed by atoms with Gasteiger partial charge in [-0.1, -0.05) is 43.7 Å². The number of nitrogens with zero attached hydrogens (tertiary/aromatic N) is 1. The summed E-state index contributed by atoms with van der Waals surface area (Å²) in [6.07, 6.45) is 2.06. The zero-order chi connectivity index (χ0) is 18.7. The van der Waals surface area contributed by atoms with Gasteiger partial charge in [0, 0.05) is 17.8 Å². The van der Waals surface area contributed by atoms with Gasteiger partial charge in [0.2, 0.25) is 0 Å². The molecule has 1 aliphatic heterocycles. The number of benzene rings is 2. The molecular formula is C22H28N2O2. The predicted octanol–water partition coefficient (Wildman–Crippen LogP) is 5.01. The third kappa shape index (κ3) is 3.28. The van der Waals surface area contributed by atoms with Gasteiger partial charge in [0.1, 0.15) is 11.4 Å². The normalized spacial score (nSPS) is 19.3. The lowest BCUT2D eigenvalue weighted by Crippen LogP contribution is -2.56. The summed E-state index contributed by atoms with van der Waals surface area (Å²) in [5, 5.41) is 3.62. The lowest BCUT2D eigenvalue weighted by Gasteiger charge is -2.47. The van der Waals surface area contributed by atoms with Crippen molar-refractivity contribution in [1.82, 2.24) is 4.90 Å². The fraction of sp³-hybridized carbons (Fsp3) is 0.409. The molecule has 1 amide bonds. The molecule has 138 valence electrons. The van der Waals surface area contributed by atoms with E-state index in [1.165, 1.54) is 0 Å². The zero-order valence-corrected chi connectivity index (χ0v) is 16.1. The van der Waals surface area contributed by atoms with Gasteiger partial charge in [-0.05, 0) is 45.4 Å². The van der Waals surface area contributed by atoms with E-state index in [0.29, 0.717) is 6.54 Å². The number of anilines is 1. The van der Waals surface area contributed by atoms with Crippen LogP contribution >= 0.6 is 0 Å². The average Bonchev–Trinajstić information content (AvgIpc) is 2.61. The number of hydrogen-bond acceptors (Lipinski definition) is 3. The van der Waals surface area contributed by atoms with Crippen molar-refractivity contribution in [2.24, 2.45) is 0 Å². The van der Waals surface area contributed by atoms with Gasteiger partial charge in [-0.2, -0.15) is 0 Å². The molecule has 1 atom stereocenters. The van der Waals surface area contributed by atoms with E-state index < -0.39 is 5.66 Å². The third-order valence-electron chi connectivity index (χ3n) is 4.83. The number of nitrogens with one attached hydrogen (secondary N) is 1. The highest BCUT2D eigenvalue weighted by atomic mass is 16.5. The molecule has 1 unspecified atom stereocenters. The van der Waals surface area contributed by atoms with Crippen molar-refractivity contribution in [3.63, 3.8) is 0 Å². The summed E-state index contributed by atoms with van der Waals surface area (Å²) in [7, 11) is 0. The topological polar surface area (TPSA) is 41.6 Å². The Balaban J connectivity index is 2.12. The van der Waals surface area contributed by atoms with Crippen molar-refractivity contribution in [2.45, 2.75) is 52.3 Å². The molecule has 2 aromatic rings. The molecule has 4 heteroatoms. The lowest BCUT2D eigenvalue weighted by molar-refractivity contribution is 0.0523. The van der Waals surface area contributed by atoms with Crippen LogP contribution in [0.5, 0.6) is 5.75 Å². The van der Waals surface area contributed by atoms with E-state index in [9.17, 15) is 4.79 Å². The van der Waals surface area contributed by atoms with E-state index in [0.717, 1.165) is 35.4 Å². The summed E-state index contributed by atoms with van der Waals surface area (Å²) < 4.78 is 6.06. The van der Waals surface area contributed by atoms with Gasteiger partial charge in [0.05, 0.1) is 11.7 Å². The second kappa shape index (κ2) is 7.40. The number of rotatable bonds is 6. The van der Waals surface area contributed by atoms with E-state index in [1.807, 2.05) is 67.3 Å². The van der Waals surface area contributed by atoms with E-state index in [4.69, 9.17) is 4.74 Å². The molecule has 0 aliphatic carbocycles. The second-order valence-electron chi connectivity index (χ2n) is 7.22. The van der Waals surface area contributed by atoms with Crippen LogP contribution in [0, 0.1) is 0 Å². The third-order valence-corrected chi connectivity index (χ3v) is 4.83. The van der Waals surface area contributed by atoms with Gasteiger partial charge >= 0.3 is 0 Å². The standard InChI is InChI=1S/C22H28N2O2/c1-5-6-15-24-21(25)17-11-7-9-13-19(17)23-22(24,4)18-12-8-10-14-20(18)26-16(2)3/h7-14,16,23H,5-6,15H2,1-4H3. The number of carbonyl (C=O) groups is 1. The highest BCUT2D eigenvalue weighted by Crippen LogP contribution is 2.41. The summed E-state index contributed by atoms with van der Waals surface area (Å²) in [4.78, 5) is 15.2. The summed E-state index contributed by atoms with van der Waals surface area (Å²) in [6, 6.07) is 15.7. The predicted molar refractivity (Wildman–Crippen MR) is 106 cm³/mol. The maximum atomic E-state index is 13.3. The highest BCUT2D eigenvalue weighted by molar-refractivity contribution is 6.02. The van der Waals surface area contributed by atoms with Gasteiger partial charge in [-0.15, -0.1) is 0 Å². The van der Waals surface area contributed by atoms with Crippen LogP contribution in [0.1, 0.15) is 56.5 Å². The molecule has 0 aromatic heterocycles. The SMILES string of the molecule is CCCCN1C(=O)c2ccccc2NC1(C)c1ccccc1OC(C)C. The quantitative estimate of drug-likeness (QED) is 0.794. The molecule has 0 spiro atoms. The second-order valence-corrected chi connectivity index (χ2v) is 7.22. The first kappa shape index (κ1) is 18.3. The first-order valence-electron chi connectivity index (χ1n) is 9.42. The zero-order valence-electron chi connectivity index (χ0n) is 16.1. The Morgan fingerprint density at radius 1 is 1.12 bits per heavy atom. The minimum absolute atomic E-state index is 0.0645. The molecule has 1 N–H and O–H groups in total. The largest absolute Gasteiger partial charge is 0.491 e. The van der Waals surface area contributed by atoms with Crippen LogP contribution in [0.2, 0.25) is 0 Å². The van der Waals surface area contributed by atoms with E-state index in [-0.39, 0.29) is 12.0 Å². The van der Waals surface area contributed by atoms with Crippen molar-refractivity contribution in [3.8, 4) is 5.75 Å². The van der Waals surface area contributed by atoms with Crippen LogP contribution in [-0.2, 0) is 5.66 Å². The van der Waals surface area contributed by atoms with E-state index in [1.54, 1.807) is 0 Å². The minimum atomic E-state index is -0.661. The first-order valence-corrected chi connectivity index (χ1v) is 9.42. The smallest absolute Gasteiger partial charge is 0.258 e. The number of para-hydroxylation sites is 2.